The van der Waals surface area contributed by atoms with Crippen LogP contribution in [0.15, 0.2) is 36.7 Å². The summed E-state index contributed by atoms with van der Waals surface area (Å²) < 4.78 is 0. The molecule has 0 saturated carbocycles. The zero-order valence-corrected chi connectivity index (χ0v) is 15.8. The number of likely N-dealkylation sites (tertiary alicyclic amines) is 1. The number of piperidine rings is 1. The number of hydrogen-bond acceptors (Lipinski definition) is 5. The molecule has 3 aromatic rings. The Morgan fingerprint density at radius 3 is 2.83 bits per heavy atom. The molecule has 2 aliphatic heterocycles. The average Bonchev–Trinajstić information content (AvgIpc) is 3.53. The number of carbonyl (C=O) groups excluding carboxylic acids is 2. The fourth-order valence-corrected chi connectivity index (χ4v) is 4.25. The first kappa shape index (κ1) is 17.6. The van der Waals surface area contributed by atoms with Crippen LogP contribution in [0.5, 0.6) is 0 Å². The number of nitrogens with one attached hydrogen (secondary N) is 2. The zero-order valence-electron chi connectivity index (χ0n) is 15.8. The van der Waals surface area contributed by atoms with Gasteiger partial charge in [-0.25, -0.2) is 4.98 Å². The maximum Gasteiger partial charge on any atom is 0.291 e. The molecular formula is C20H21N7O2. The Hall–Kier alpha value is -3.49. The molecule has 148 valence electrons. The van der Waals surface area contributed by atoms with E-state index in [9.17, 15) is 9.59 Å². The molecule has 1 unspecified atom stereocenters. The first-order valence-corrected chi connectivity index (χ1v) is 9.84. The van der Waals surface area contributed by atoms with E-state index in [1.165, 1.54) is 11.9 Å². The number of rotatable bonds is 3. The monoisotopic (exact) mass is 391 g/mol. The van der Waals surface area contributed by atoms with E-state index in [-0.39, 0.29) is 23.7 Å². The predicted molar refractivity (Wildman–Crippen MR) is 104 cm³/mol. The Balaban J connectivity index is 1.39. The highest BCUT2D eigenvalue weighted by Gasteiger charge is 2.33. The minimum Gasteiger partial charge on any atom is -0.327 e. The fourth-order valence-electron chi connectivity index (χ4n) is 4.25. The van der Waals surface area contributed by atoms with Crippen LogP contribution in [-0.4, -0.2) is 55.2 Å². The van der Waals surface area contributed by atoms with Gasteiger partial charge in [0.15, 0.2) is 5.69 Å². The van der Waals surface area contributed by atoms with Crippen LogP contribution in [0, 0.1) is 0 Å². The van der Waals surface area contributed by atoms with Crippen molar-refractivity contribution < 1.29 is 9.59 Å². The number of aromatic amines is 2. The molecule has 9 nitrogen and oxygen atoms in total. The Bertz CT molecular complexity index is 1040. The molecule has 29 heavy (non-hydrogen) atoms. The van der Waals surface area contributed by atoms with Crippen molar-refractivity contribution in [1.82, 2.24) is 30.3 Å². The quantitative estimate of drug-likeness (QED) is 0.710. The third kappa shape index (κ3) is 3.08. The van der Waals surface area contributed by atoms with E-state index in [1.807, 2.05) is 24.3 Å². The standard InChI is InChI=1S/C20H21N7O2/c28-19(27-10-8-13-5-1-2-6-16(13)27)15-11-14(23-24-15)17-7-3-4-9-26(17)20(29)18-21-12-22-25-18/h1-2,5-6,11-12,17H,3-4,7-10H2,(H,23,24)(H,21,22,25). The lowest BCUT2D eigenvalue weighted by Crippen LogP contribution is -2.39. The molecule has 1 saturated heterocycles. The molecule has 0 radical (unpaired) electrons. The summed E-state index contributed by atoms with van der Waals surface area (Å²) >= 11 is 0. The normalized spacial score (nSPS) is 18.7. The Morgan fingerprint density at radius 1 is 1.07 bits per heavy atom. The summed E-state index contributed by atoms with van der Waals surface area (Å²) in [5.74, 6) is -0.0918. The van der Waals surface area contributed by atoms with Crippen molar-refractivity contribution in [1.29, 1.82) is 0 Å². The van der Waals surface area contributed by atoms with Crippen molar-refractivity contribution in [2.45, 2.75) is 31.7 Å². The average molecular weight is 391 g/mol. The highest BCUT2D eigenvalue weighted by molar-refractivity contribution is 6.06. The number of aromatic nitrogens is 5. The Labute approximate surface area is 167 Å². The maximum atomic E-state index is 13.0. The predicted octanol–water partition coefficient (Wildman–Crippen LogP) is 2.10. The molecule has 2 amide bonds. The van der Waals surface area contributed by atoms with Crippen LogP contribution >= 0.6 is 0 Å². The van der Waals surface area contributed by atoms with Crippen LogP contribution in [0.4, 0.5) is 5.69 Å². The molecule has 2 aromatic heterocycles. The molecular weight excluding hydrogens is 370 g/mol. The van der Waals surface area contributed by atoms with Crippen molar-refractivity contribution in [3.05, 3.63) is 59.4 Å². The molecule has 9 heteroatoms. The van der Waals surface area contributed by atoms with Crippen LogP contribution in [0.1, 0.15) is 57.7 Å². The van der Waals surface area contributed by atoms with Crippen LogP contribution in [0.3, 0.4) is 0 Å². The van der Waals surface area contributed by atoms with Gasteiger partial charge in [-0.1, -0.05) is 18.2 Å². The van der Waals surface area contributed by atoms with Gasteiger partial charge in [-0.3, -0.25) is 19.8 Å². The number of benzene rings is 1. The number of carbonyl (C=O) groups is 2. The minimum atomic E-state index is -0.192. The van der Waals surface area contributed by atoms with E-state index in [0.29, 0.717) is 18.8 Å². The molecule has 2 aliphatic rings. The number of amides is 2. The molecule has 1 aromatic carbocycles. The van der Waals surface area contributed by atoms with Gasteiger partial charge in [0.1, 0.15) is 6.33 Å². The first-order valence-electron chi connectivity index (χ1n) is 9.84. The van der Waals surface area contributed by atoms with Crippen molar-refractivity contribution in [3.8, 4) is 0 Å². The van der Waals surface area contributed by atoms with Crippen LogP contribution in [-0.2, 0) is 6.42 Å². The Morgan fingerprint density at radius 2 is 1.97 bits per heavy atom. The van der Waals surface area contributed by atoms with Crippen LogP contribution in [0.2, 0.25) is 0 Å². The molecule has 0 aliphatic carbocycles. The Kier molecular flexibility index (Phi) is 4.34. The van der Waals surface area contributed by atoms with Gasteiger partial charge in [-0.2, -0.15) is 10.2 Å². The lowest BCUT2D eigenvalue weighted by Gasteiger charge is -2.34. The van der Waals surface area contributed by atoms with E-state index in [1.54, 1.807) is 15.9 Å². The lowest BCUT2D eigenvalue weighted by molar-refractivity contribution is 0.0593. The molecule has 2 N–H and O–H groups in total. The topological polar surface area (TPSA) is 111 Å². The largest absolute Gasteiger partial charge is 0.327 e. The summed E-state index contributed by atoms with van der Waals surface area (Å²) in [6, 6.07) is 9.56. The third-order valence-electron chi connectivity index (χ3n) is 5.69. The number of H-pyrrole nitrogens is 2. The van der Waals surface area contributed by atoms with E-state index < -0.39 is 0 Å². The molecule has 4 heterocycles. The second-order valence-electron chi connectivity index (χ2n) is 7.39. The van der Waals surface area contributed by atoms with E-state index in [4.69, 9.17) is 0 Å². The molecule has 0 bridgehead atoms. The van der Waals surface area contributed by atoms with Crippen molar-refractivity contribution >= 4 is 17.5 Å². The number of anilines is 1. The summed E-state index contributed by atoms with van der Waals surface area (Å²) in [4.78, 5) is 33.4. The van der Waals surface area contributed by atoms with Gasteiger partial charge in [-0.15, -0.1) is 0 Å². The molecule has 1 atom stereocenters. The molecule has 1 fully saturated rings. The summed E-state index contributed by atoms with van der Waals surface area (Å²) in [5, 5.41) is 13.7. The number of para-hydroxylation sites is 1. The van der Waals surface area contributed by atoms with Gasteiger partial charge in [0.2, 0.25) is 5.82 Å². The van der Waals surface area contributed by atoms with Gasteiger partial charge >= 0.3 is 0 Å². The van der Waals surface area contributed by atoms with E-state index >= 15 is 0 Å². The number of nitrogens with zero attached hydrogens (tertiary/aromatic N) is 5. The smallest absolute Gasteiger partial charge is 0.291 e. The number of hydrogen-bond donors (Lipinski definition) is 2. The summed E-state index contributed by atoms with van der Waals surface area (Å²) in [5.41, 5.74) is 3.26. The van der Waals surface area contributed by atoms with Gasteiger partial charge in [0, 0.05) is 18.8 Å². The lowest BCUT2D eigenvalue weighted by atomic mass is 9.99. The van der Waals surface area contributed by atoms with Gasteiger partial charge in [0.25, 0.3) is 11.8 Å². The highest BCUT2D eigenvalue weighted by Crippen LogP contribution is 2.32. The van der Waals surface area contributed by atoms with Gasteiger partial charge in [-0.05, 0) is 43.4 Å². The summed E-state index contributed by atoms with van der Waals surface area (Å²) in [6.07, 6.45) is 4.92. The SMILES string of the molecule is O=C(c1cc(C2CCCCN2C(=O)c2ncn[nH]2)[nH]n1)N1CCc2ccccc21. The van der Waals surface area contributed by atoms with Gasteiger partial charge < -0.3 is 9.80 Å². The second kappa shape index (κ2) is 7.16. The van der Waals surface area contributed by atoms with Crippen molar-refractivity contribution in [3.63, 3.8) is 0 Å². The first-order chi connectivity index (χ1) is 14.2. The van der Waals surface area contributed by atoms with E-state index in [2.05, 4.69) is 25.4 Å². The summed E-state index contributed by atoms with van der Waals surface area (Å²) in [6.45, 7) is 1.28. The fraction of sp³-hybridized carbons (Fsp3) is 0.350. The van der Waals surface area contributed by atoms with E-state index in [0.717, 1.165) is 37.1 Å². The highest BCUT2D eigenvalue weighted by atomic mass is 16.2. The summed E-state index contributed by atoms with van der Waals surface area (Å²) in [7, 11) is 0. The molecule has 5 rings (SSSR count). The minimum absolute atomic E-state index is 0.124. The number of fused-ring (bicyclic) bond motifs is 1. The van der Waals surface area contributed by atoms with Crippen molar-refractivity contribution in [2.75, 3.05) is 18.0 Å². The third-order valence-corrected chi connectivity index (χ3v) is 5.69. The second-order valence-corrected chi connectivity index (χ2v) is 7.39. The zero-order chi connectivity index (χ0) is 19.8. The maximum absolute atomic E-state index is 13.0. The van der Waals surface area contributed by atoms with Crippen LogP contribution in [0.25, 0.3) is 0 Å². The van der Waals surface area contributed by atoms with Crippen molar-refractivity contribution in [2.24, 2.45) is 0 Å². The van der Waals surface area contributed by atoms with Gasteiger partial charge in [0.05, 0.1) is 11.7 Å². The molecule has 0 spiro atoms. The van der Waals surface area contributed by atoms with Crippen LogP contribution < -0.4 is 4.90 Å².